The highest BCUT2D eigenvalue weighted by molar-refractivity contribution is 7.89. The van der Waals surface area contributed by atoms with Crippen molar-refractivity contribution in [3.63, 3.8) is 0 Å². The molecule has 1 aromatic carbocycles. The number of carbonyl (C=O) groups is 1. The van der Waals surface area contributed by atoms with Gasteiger partial charge in [-0.2, -0.15) is 0 Å². The van der Waals surface area contributed by atoms with Gasteiger partial charge in [-0.1, -0.05) is 6.07 Å². The molecule has 0 saturated carbocycles. The Bertz CT molecular complexity index is 740. The number of thiophene rings is 1. The van der Waals surface area contributed by atoms with Crippen molar-refractivity contribution in [2.75, 3.05) is 11.9 Å². The zero-order chi connectivity index (χ0) is 16.9. The number of nitrogens with one attached hydrogen (secondary N) is 2. The van der Waals surface area contributed by atoms with Crippen molar-refractivity contribution in [3.8, 4) is 0 Å². The number of rotatable bonds is 7. The molecular formula is C15H18N2O4S2. The lowest BCUT2D eigenvalue weighted by molar-refractivity contribution is -0.114. The van der Waals surface area contributed by atoms with Crippen molar-refractivity contribution in [2.24, 2.45) is 0 Å². The normalized spacial score (nSPS) is 12.8. The third-order valence-electron chi connectivity index (χ3n) is 3.07. The highest BCUT2D eigenvalue weighted by Gasteiger charge is 2.15. The van der Waals surface area contributed by atoms with Crippen molar-refractivity contribution in [3.05, 3.63) is 46.7 Å². The van der Waals surface area contributed by atoms with Crippen molar-refractivity contribution in [1.29, 1.82) is 0 Å². The monoisotopic (exact) mass is 354 g/mol. The van der Waals surface area contributed by atoms with Crippen LogP contribution in [0.15, 0.2) is 46.7 Å². The van der Waals surface area contributed by atoms with Crippen LogP contribution in [0.4, 0.5) is 5.69 Å². The lowest BCUT2D eigenvalue weighted by Crippen LogP contribution is -2.25. The quantitative estimate of drug-likeness (QED) is 0.709. The first-order valence-electron chi connectivity index (χ1n) is 6.97. The number of carbonyl (C=O) groups excluding carboxylic acids is 1. The summed E-state index contributed by atoms with van der Waals surface area (Å²) in [6.07, 6.45) is -0.385. The van der Waals surface area contributed by atoms with E-state index in [1.54, 1.807) is 0 Å². The van der Waals surface area contributed by atoms with Gasteiger partial charge in [-0.3, -0.25) is 4.79 Å². The minimum atomic E-state index is -3.64. The maximum absolute atomic E-state index is 12.2. The third kappa shape index (κ3) is 5.14. The molecule has 0 fully saturated rings. The summed E-state index contributed by atoms with van der Waals surface area (Å²) >= 11 is 1.43. The van der Waals surface area contributed by atoms with E-state index in [1.165, 1.54) is 42.5 Å². The van der Waals surface area contributed by atoms with Crippen molar-refractivity contribution >= 4 is 33.0 Å². The number of hydrogen-bond acceptors (Lipinski definition) is 5. The van der Waals surface area contributed by atoms with E-state index in [4.69, 9.17) is 0 Å². The van der Waals surface area contributed by atoms with Crippen LogP contribution in [-0.4, -0.2) is 26.0 Å². The Balaban J connectivity index is 1.92. The molecule has 2 rings (SSSR count). The van der Waals surface area contributed by atoms with E-state index in [2.05, 4.69) is 10.0 Å². The minimum Gasteiger partial charge on any atom is -0.388 e. The summed E-state index contributed by atoms with van der Waals surface area (Å²) in [6, 6.07) is 9.54. The molecule has 3 N–H and O–H groups in total. The average Bonchev–Trinajstić information content (AvgIpc) is 3.01. The summed E-state index contributed by atoms with van der Waals surface area (Å²) in [4.78, 5) is 11.9. The topological polar surface area (TPSA) is 95.5 Å². The standard InChI is InChI=1S/C15H18N2O4S2/c1-11(18)17-12-4-6-13(7-5-12)23(20,21)16-9-8-14(19)15-3-2-10-22-15/h2-7,10,14,16,19H,8-9H2,1H3,(H,17,18). The maximum atomic E-state index is 12.2. The summed E-state index contributed by atoms with van der Waals surface area (Å²) in [7, 11) is -3.64. The van der Waals surface area contributed by atoms with E-state index < -0.39 is 16.1 Å². The largest absolute Gasteiger partial charge is 0.388 e. The first-order chi connectivity index (χ1) is 10.9. The van der Waals surface area contributed by atoms with Crippen LogP contribution < -0.4 is 10.0 Å². The predicted molar refractivity (Wildman–Crippen MR) is 89.8 cm³/mol. The second kappa shape index (κ2) is 7.69. The molecule has 124 valence electrons. The van der Waals surface area contributed by atoms with E-state index in [0.717, 1.165) is 4.88 Å². The predicted octanol–water partition coefficient (Wildman–Crippen LogP) is 2.11. The Hall–Kier alpha value is -1.74. The fraction of sp³-hybridized carbons (Fsp3) is 0.267. The molecule has 23 heavy (non-hydrogen) atoms. The molecule has 8 heteroatoms. The molecule has 0 spiro atoms. The molecule has 6 nitrogen and oxygen atoms in total. The van der Waals surface area contributed by atoms with Gasteiger partial charge in [-0.25, -0.2) is 13.1 Å². The van der Waals surface area contributed by atoms with Crippen LogP contribution in [0.1, 0.15) is 24.3 Å². The van der Waals surface area contributed by atoms with Crippen molar-refractivity contribution in [1.82, 2.24) is 4.72 Å². The van der Waals surface area contributed by atoms with Gasteiger partial charge in [0.05, 0.1) is 11.0 Å². The molecule has 0 aliphatic heterocycles. The van der Waals surface area contributed by atoms with Crippen LogP contribution in [-0.2, 0) is 14.8 Å². The van der Waals surface area contributed by atoms with Gasteiger partial charge in [0.25, 0.3) is 0 Å². The van der Waals surface area contributed by atoms with Crippen LogP contribution in [0.3, 0.4) is 0 Å². The Morgan fingerprint density at radius 2 is 1.96 bits per heavy atom. The molecule has 0 bridgehead atoms. The first-order valence-corrected chi connectivity index (χ1v) is 9.33. The van der Waals surface area contributed by atoms with Gasteiger partial charge < -0.3 is 10.4 Å². The Morgan fingerprint density at radius 3 is 2.52 bits per heavy atom. The molecule has 0 aliphatic carbocycles. The molecule has 2 aromatic rings. The fourth-order valence-electron chi connectivity index (χ4n) is 1.96. The van der Waals surface area contributed by atoms with Gasteiger partial charge in [0.2, 0.25) is 15.9 Å². The van der Waals surface area contributed by atoms with E-state index >= 15 is 0 Å². The molecule has 0 saturated heterocycles. The number of aliphatic hydroxyl groups is 1. The second-order valence-corrected chi connectivity index (χ2v) is 7.67. The van der Waals surface area contributed by atoms with E-state index in [1.807, 2.05) is 17.5 Å². The number of anilines is 1. The SMILES string of the molecule is CC(=O)Nc1ccc(S(=O)(=O)NCCC(O)c2cccs2)cc1. The summed E-state index contributed by atoms with van der Waals surface area (Å²) in [5, 5.41) is 14.4. The molecule has 1 aromatic heterocycles. The number of benzene rings is 1. The number of hydrogen-bond donors (Lipinski definition) is 3. The Labute approximate surface area is 139 Å². The van der Waals surface area contributed by atoms with Crippen LogP contribution >= 0.6 is 11.3 Å². The average molecular weight is 354 g/mol. The number of sulfonamides is 1. The first kappa shape index (κ1) is 17.6. The molecule has 1 amide bonds. The molecule has 1 heterocycles. The van der Waals surface area contributed by atoms with E-state index in [-0.39, 0.29) is 17.3 Å². The van der Waals surface area contributed by atoms with Gasteiger partial charge >= 0.3 is 0 Å². The zero-order valence-corrected chi connectivity index (χ0v) is 14.2. The summed E-state index contributed by atoms with van der Waals surface area (Å²) < 4.78 is 26.8. The lowest BCUT2D eigenvalue weighted by atomic mass is 10.2. The van der Waals surface area contributed by atoms with Gasteiger partial charge in [-0.05, 0) is 42.1 Å². The molecule has 1 unspecified atom stereocenters. The maximum Gasteiger partial charge on any atom is 0.240 e. The van der Waals surface area contributed by atoms with Crippen LogP contribution in [0.25, 0.3) is 0 Å². The molecular weight excluding hydrogens is 336 g/mol. The minimum absolute atomic E-state index is 0.109. The summed E-state index contributed by atoms with van der Waals surface area (Å²) in [5.41, 5.74) is 0.532. The highest BCUT2D eigenvalue weighted by Crippen LogP contribution is 2.21. The van der Waals surface area contributed by atoms with Gasteiger partial charge in [0.15, 0.2) is 0 Å². The van der Waals surface area contributed by atoms with Gasteiger partial charge in [-0.15, -0.1) is 11.3 Å². The zero-order valence-electron chi connectivity index (χ0n) is 12.5. The van der Waals surface area contributed by atoms with Crippen molar-refractivity contribution < 1.29 is 18.3 Å². The van der Waals surface area contributed by atoms with E-state index in [9.17, 15) is 18.3 Å². The number of amides is 1. The van der Waals surface area contributed by atoms with Gasteiger partial charge in [0, 0.05) is 24.0 Å². The molecule has 1 atom stereocenters. The fourth-order valence-corrected chi connectivity index (χ4v) is 3.75. The van der Waals surface area contributed by atoms with Crippen molar-refractivity contribution in [2.45, 2.75) is 24.3 Å². The smallest absolute Gasteiger partial charge is 0.240 e. The van der Waals surface area contributed by atoms with Crippen LogP contribution in [0, 0.1) is 0 Å². The van der Waals surface area contributed by atoms with E-state index in [0.29, 0.717) is 12.1 Å². The lowest BCUT2D eigenvalue weighted by Gasteiger charge is -2.10. The summed E-state index contributed by atoms with van der Waals surface area (Å²) in [5.74, 6) is -0.221. The Kier molecular flexibility index (Phi) is 5.89. The van der Waals surface area contributed by atoms with Crippen LogP contribution in [0.2, 0.25) is 0 Å². The third-order valence-corrected chi connectivity index (χ3v) is 5.52. The number of aliphatic hydroxyl groups excluding tert-OH is 1. The van der Waals surface area contributed by atoms with Gasteiger partial charge in [0.1, 0.15) is 0 Å². The Morgan fingerprint density at radius 1 is 1.26 bits per heavy atom. The van der Waals surface area contributed by atoms with Crippen LogP contribution in [0.5, 0.6) is 0 Å². The highest BCUT2D eigenvalue weighted by atomic mass is 32.2. The molecule has 0 aliphatic rings. The second-order valence-electron chi connectivity index (χ2n) is 4.92. The molecule has 0 radical (unpaired) electrons. The summed E-state index contributed by atoms with van der Waals surface area (Å²) in [6.45, 7) is 1.51.